The van der Waals surface area contributed by atoms with Gasteiger partial charge in [-0.2, -0.15) is 0 Å². The van der Waals surface area contributed by atoms with E-state index in [4.69, 9.17) is 9.47 Å². The maximum absolute atomic E-state index is 7.57. The third kappa shape index (κ3) is 3.42. The maximum Gasteiger partial charge on any atom is 0.178 e. The van der Waals surface area contributed by atoms with Crippen molar-refractivity contribution in [3.05, 3.63) is 160 Å². The molecule has 46 heavy (non-hydrogen) atoms. The zero-order valence-electron chi connectivity index (χ0n) is 26.9. The number of hydrogen-bond donors (Lipinski definition) is 0. The Hall–Kier alpha value is -5.08. The summed E-state index contributed by atoms with van der Waals surface area (Å²) < 4.78 is 13.2. The van der Waals surface area contributed by atoms with Gasteiger partial charge in [-0.05, 0) is 74.2 Å². The van der Waals surface area contributed by atoms with Crippen LogP contribution in [0.3, 0.4) is 0 Å². The van der Waals surface area contributed by atoms with E-state index in [0.717, 1.165) is 28.0 Å². The van der Waals surface area contributed by atoms with E-state index in [2.05, 4.69) is 143 Å². The van der Waals surface area contributed by atoms with Crippen LogP contribution in [0.5, 0.6) is 11.5 Å². The maximum atomic E-state index is 7.57. The van der Waals surface area contributed by atoms with Gasteiger partial charge in [0.2, 0.25) is 0 Å². The second-order valence-corrected chi connectivity index (χ2v) is 14.0. The molecule has 2 aliphatic carbocycles. The second-order valence-electron chi connectivity index (χ2n) is 14.0. The molecule has 0 bridgehead atoms. The van der Waals surface area contributed by atoms with E-state index >= 15 is 0 Å². The first-order chi connectivity index (χ1) is 22.3. The van der Waals surface area contributed by atoms with Crippen molar-refractivity contribution >= 4 is 16.8 Å². The summed E-state index contributed by atoms with van der Waals surface area (Å²) in [5.74, 6) is 1.77. The van der Waals surface area contributed by atoms with Crippen LogP contribution in [0.15, 0.2) is 121 Å². The molecular weight excluding hydrogens is 560 g/mol. The molecule has 1 heterocycles. The smallest absolute Gasteiger partial charge is 0.178 e. The zero-order valence-corrected chi connectivity index (χ0v) is 26.9. The van der Waals surface area contributed by atoms with Crippen LogP contribution in [-0.4, -0.2) is 7.11 Å². The Morgan fingerprint density at radius 3 is 1.91 bits per heavy atom. The van der Waals surface area contributed by atoms with E-state index in [0.29, 0.717) is 0 Å². The predicted octanol–water partition coefficient (Wildman–Crippen LogP) is 10.8. The van der Waals surface area contributed by atoms with Crippen LogP contribution in [-0.2, 0) is 16.4 Å². The van der Waals surface area contributed by atoms with Crippen molar-refractivity contribution in [2.75, 3.05) is 7.11 Å². The third-order valence-electron chi connectivity index (χ3n) is 11.0. The highest BCUT2D eigenvalue weighted by molar-refractivity contribution is 6.08. The van der Waals surface area contributed by atoms with Crippen molar-refractivity contribution in [1.82, 2.24) is 0 Å². The highest BCUT2D eigenvalue weighted by Crippen LogP contribution is 2.58. The summed E-state index contributed by atoms with van der Waals surface area (Å²) in [5, 5.41) is 2.37. The minimum atomic E-state index is -0.842. The predicted molar refractivity (Wildman–Crippen MR) is 189 cm³/mol. The number of ether oxygens (including phenoxy) is 2. The third-order valence-corrected chi connectivity index (χ3v) is 11.0. The summed E-state index contributed by atoms with van der Waals surface area (Å²) in [5.41, 5.74) is 12.9. The number of benzene rings is 6. The Kier molecular flexibility index (Phi) is 5.47. The first kappa shape index (κ1) is 27.2. The van der Waals surface area contributed by atoms with Gasteiger partial charge in [0.25, 0.3) is 0 Å². The van der Waals surface area contributed by atoms with Crippen molar-refractivity contribution < 1.29 is 9.47 Å². The van der Waals surface area contributed by atoms with Crippen LogP contribution in [0.1, 0.15) is 66.6 Å². The first-order valence-electron chi connectivity index (χ1n) is 16.2. The first-order valence-corrected chi connectivity index (χ1v) is 16.2. The molecule has 2 heteroatoms. The molecule has 1 atom stereocenters. The fourth-order valence-electron chi connectivity index (χ4n) is 8.65. The van der Waals surface area contributed by atoms with Gasteiger partial charge in [-0.3, -0.25) is 0 Å². The Morgan fingerprint density at radius 1 is 0.565 bits per heavy atom. The highest BCUT2D eigenvalue weighted by atomic mass is 16.5. The summed E-state index contributed by atoms with van der Waals surface area (Å²) in [4.78, 5) is 0. The molecule has 1 unspecified atom stereocenters. The van der Waals surface area contributed by atoms with Crippen molar-refractivity contribution in [3.63, 3.8) is 0 Å². The lowest BCUT2D eigenvalue weighted by atomic mass is 9.76. The van der Waals surface area contributed by atoms with Gasteiger partial charge in [0.15, 0.2) is 5.60 Å². The molecule has 2 nitrogen and oxygen atoms in total. The minimum Gasteiger partial charge on any atom is -0.497 e. The number of fused-ring (bicyclic) bond motifs is 11. The van der Waals surface area contributed by atoms with Crippen LogP contribution < -0.4 is 9.47 Å². The largest absolute Gasteiger partial charge is 0.497 e. The number of rotatable bonds is 3. The van der Waals surface area contributed by atoms with Gasteiger partial charge in [0.1, 0.15) is 11.5 Å². The molecule has 0 saturated heterocycles. The topological polar surface area (TPSA) is 18.5 Å². The normalized spacial score (nSPS) is 19.1. The summed E-state index contributed by atoms with van der Waals surface area (Å²) in [7, 11) is 1.71. The van der Waals surface area contributed by atoms with E-state index in [9.17, 15) is 0 Å². The monoisotopic (exact) mass is 596 g/mol. The van der Waals surface area contributed by atoms with Gasteiger partial charge in [0, 0.05) is 32.9 Å². The lowest BCUT2D eigenvalue weighted by molar-refractivity contribution is 0.163. The minimum absolute atomic E-state index is 0.122. The van der Waals surface area contributed by atoms with Gasteiger partial charge < -0.3 is 9.47 Å². The van der Waals surface area contributed by atoms with Crippen LogP contribution >= 0.6 is 0 Å². The molecular formula is C44H36O2. The average Bonchev–Trinajstić information content (AvgIpc) is 3.48. The zero-order chi connectivity index (χ0) is 31.4. The molecule has 0 aromatic heterocycles. The summed E-state index contributed by atoms with van der Waals surface area (Å²) in [6, 6.07) is 41.8. The molecule has 6 aromatic carbocycles. The van der Waals surface area contributed by atoms with E-state index in [1.807, 2.05) is 12.1 Å². The molecule has 0 spiro atoms. The molecule has 0 N–H and O–H groups in total. The molecule has 1 aliphatic heterocycles. The van der Waals surface area contributed by atoms with E-state index in [1.165, 1.54) is 55.5 Å². The Morgan fingerprint density at radius 2 is 1.17 bits per heavy atom. The van der Waals surface area contributed by atoms with Crippen LogP contribution in [0.4, 0.5) is 0 Å². The van der Waals surface area contributed by atoms with E-state index in [-0.39, 0.29) is 10.8 Å². The summed E-state index contributed by atoms with van der Waals surface area (Å²) in [6.45, 7) is 9.38. The number of hydrogen-bond acceptors (Lipinski definition) is 2. The van der Waals surface area contributed by atoms with Crippen molar-refractivity contribution in [2.24, 2.45) is 0 Å². The van der Waals surface area contributed by atoms with Crippen molar-refractivity contribution in [1.29, 1.82) is 0 Å². The van der Waals surface area contributed by atoms with Crippen LogP contribution in [0.25, 0.3) is 39.1 Å². The molecule has 0 amide bonds. The fourth-order valence-corrected chi connectivity index (χ4v) is 8.65. The molecule has 224 valence electrons. The summed E-state index contributed by atoms with van der Waals surface area (Å²) in [6.07, 6.45) is 4.64. The lowest BCUT2D eigenvalue weighted by Crippen LogP contribution is -2.35. The van der Waals surface area contributed by atoms with Crippen molar-refractivity contribution in [2.45, 2.75) is 44.1 Å². The average molecular weight is 597 g/mol. The fraction of sp³-hybridized carbons (Fsp3) is 0.182. The highest BCUT2D eigenvalue weighted by Gasteiger charge is 2.45. The Bertz CT molecular complexity index is 2270. The number of methoxy groups -OCH3 is 1. The lowest BCUT2D eigenvalue weighted by Gasteiger charge is -2.39. The van der Waals surface area contributed by atoms with Gasteiger partial charge in [-0.25, -0.2) is 0 Å². The standard InChI is InChI=1S/C44H36O2/c1-42(2)36-16-10-8-12-30(36)31-23-20-28(26-38(31)42)44(27-18-21-29(45-5)22-19-27)25-24-35-40-39(32-13-6-7-14-33(32)41(35)46-44)34-15-9-11-17-37(34)43(40,3)4/h6-26H,1-5H3. The summed E-state index contributed by atoms with van der Waals surface area (Å²) >= 11 is 0. The van der Waals surface area contributed by atoms with Gasteiger partial charge in [-0.15, -0.1) is 0 Å². The van der Waals surface area contributed by atoms with Gasteiger partial charge >= 0.3 is 0 Å². The molecule has 3 aliphatic rings. The Labute approximate surface area is 271 Å². The quantitative estimate of drug-likeness (QED) is 0.202. The molecule has 6 aromatic rings. The Balaban J connectivity index is 1.32. The van der Waals surface area contributed by atoms with Crippen molar-refractivity contribution in [3.8, 4) is 33.8 Å². The molecule has 0 saturated carbocycles. The van der Waals surface area contributed by atoms with Crippen LogP contribution in [0.2, 0.25) is 0 Å². The molecule has 0 fully saturated rings. The van der Waals surface area contributed by atoms with Crippen LogP contribution in [0, 0.1) is 0 Å². The van der Waals surface area contributed by atoms with E-state index in [1.54, 1.807) is 7.11 Å². The SMILES string of the molecule is COc1ccc(C2(c3ccc4c(c3)C(C)(C)c3ccccc3-4)C=Cc3c4c(c5ccccc5c3O2)-c2ccccc2C4(C)C)cc1. The molecule has 0 radical (unpaired) electrons. The van der Waals surface area contributed by atoms with Gasteiger partial charge in [-0.1, -0.05) is 131 Å². The van der Waals surface area contributed by atoms with Gasteiger partial charge in [0.05, 0.1) is 7.11 Å². The molecule has 9 rings (SSSR count). The second kappa shape index (κ2) is 9.23. The van der Waals surface area contributed by atoms with E-state index < -0.39 is 5.60 Å².